The first-order valence-electron chi connectivity index (χ1n) is 16.3. The van der Waals surface area contributed by atoms with Crippen LogP contribution in [0.15, 0.2) is 35.3 Å². The molecule has 10 nitrogen and oxygen atoms in total. The number of hydrogen-bond donors (Lipinski definition) is 2. The van der Waals surface area contributed by atoms with Crippen molar-refractivity contribution in [2.75, 3.05) is 44.2 Å². The number of phenols is 1. The van der Waals surface area contributed by atoms with Gasteiger partial charge in [0.05, 0.1) is 32.1 Å². The SMILES string of the molecule is [2H]C([2H])(Oc1nc(N2CC3CCC2CN3)c2cnn(-c3cc(O)cc4ccc(F)c(C#C)c34)c(=O)c2n1)C1(CN2CCCC2)CC1. The molecule has 6 heterocycles. The van der Waals surface area contributed by atoms with Gasteiger partial charge in [0.2, 0.25) is 0 Å². The van der Waals surface area contributed by atoms with Crippen LogP contribution in [-0.4, -0.2) is 81.1 Å². The highest BCUT2D eigenvalue weighted by atomic mass is 19.1. The monoisotopic (exact) mass is 597 g/mol. The van der Waals surface area contributed by atoms with Gasteiger partial charge in [0, 0.05) is 48.6 Å². The van der Waals surface area contributed by atoms with Gasteiger partial charge in [-0.2, -0.15) is 19.7 Å². The van der Waals surface area contributed by atoms with E-state index in [0.717, 1.165) is 50.0 Å². The van der Waals surface area contributed by atoms with Crippen molar-refractivity contribution < 1.29 is 17.0 Å². The Kier molecular flexibility index (Phi) is 5.95. The van der Waals surface area contributed by atoms with Crippen LogP contribution in [0.1, 0.15) is 46.8 Å². The van der Waals surface area contributed by atoms with Crippen molar-refractivity contribution in [2.24, 2.45) is 5.41 Å². The van der Waals surface area contributed by atoms with Crippen molar-refractivity contribution in [1.82, 2.24) is 30.0 Å². The van der Waals surface area contributed by atoms with Gasteiger partial charge in [0.1, 0.15) is 22.9 Å². The van der Waals surface area contributed by atoms with Crippen molar-refractivity contribution in [3.05, 3.63) is 52.2 Å². The topological polar surface area (TPSA) is 109 Å². The number of hydrogen-bond acceptors (Lipinski definition) is 9. The molecule has 5 aliphatic rings. The second-order valence-corrected chi connectivity index (χ2v) is 12.5. The number of nitrogens with zero attached hydrogens (tertiary/aromatic N) is 6. The summed E-state index contributed by atoms with van der Waals surface area (Å²) in [6.07, 6.45) is 12.7. The molecular weight excluding hydrogens is 561 g/mol. The van der Waals surface area contributed by atoms with E-state index in [1.165, 1.54) is 30.5 Å². The molecule has 1 aliphatic carbocycles. The minimum Gasteiger partial charge on any atom is -0.508 e. The first-order valence-corrected chi connectivity index (χ1v) is 15.3. The fourth-order valence-electron chi connectivity index (χ4n) is 7.07. The maximum Gasteiger partial charge on any atom is 0.319 e. The Balaban J connectivity index is 1.29. The maximum atomic E-state index is 14.8. The van der Waals surface area contributed by atoms with E-state index >= 15 is 0 Å². The molecule has 2 aromatic heterocycles. The summed E-state index contributed by atoms with van der Waals surface area (Å²) < 4.78 is 40.0. The van der Waals surface area contributed by atoms with Gasteiger partial charge in [0.15, 0.2) is 0 Å². The lowest BCUT2D eigenvalue weighted by Gasteiger charge is -2.46. The average Bonchev–Trinajstić information content (AvgIpc) is 3.67. The van der Waals surface area contributed by atoms with Gasteiger partial charge in [-0.25, -0.2) is 4.39 Å². The van der Waals surface area contributed by atoms with Crippen LogP contribution in [0.5, 0.6) is 11.8 Å². The molecule has 9 rings (SSSR count). The third-order valence-electron chi connectivity index (χ3n) is 9.56. The quantitative estimate of drug-likeness (QED) is 0.310. The number of terminal acetylenes is 1. The lowest BCUT2D eigenvalue weighted by Crippen LogP contribution is -2.61. The number of ether oxygens (including phenoxy) is 1. The number of phenolic OH excluding ortho intramolecular Hbond substituents is 1. The molecule has 4 saturated heterocycles. The van der Waals surface area contributed by atoms with Gasteiger partial charge in [-0.3, -0.25) is 4.79 Å². The van der Waals surface area contributed by atoms with E-state index in [1.54, 1.807) is 0 Å². The van der Waals surface area contributed by atoms with Crippen LogP contribution in [0.3, 0.4) is 0 Å². The van der Waals surface area contributed by atoms with Gasteiger partial charge in [-0.1, -0.05) is 12.0 Å². The van der Waals surface area contributed by atoms with Gasteiger partial charge in [-0.15, -0.1) is 6.42 Å². The molecular formula is C33H34FN7O3. The predicted octanol–water partition coefficient (Wildman–Crippen LogP) is 3.35. The molecule has 0 spiro atoms. The molecule has 2 unspecified atom stereocenters. The van der Waals surface area contributed by atoms with Gasteiger partial charge < -0.3 is 25.0 Å². The first-order chi connectivity index (χ1) is 22.2. The molecule has 2 N–H and O–H groups in total. The van der Waals surface area contributed by atoms with Crippen LogP contribution in [0.25, 0.3) is 27.4 Å². The molecule has 4 aromatic rings. The molecule has 44 heavy (non-hydrogen) atoms. The number of aromatic hydroxyl groups is 1. The number of anilines is 1. The zero-order valence-corrected chi connectivity index (χ0v) is 24.2. The standard InChI is InChI=1S/C33H34FN7O3/c1-2-24-26(34)8-5-20-13-23(42)14-27(28(20)24)41-31(43)29-25(16-36-41)30(40-17-21-6-7-22(40)15-35-21)38-32(37-29)44-19-33(9-10-33)18-39-11-3-4-12-39/h1,5,8,13-14,16,21-22,35,42H,3-4,6-7,9-12,15,17-19H2/i19D2. The number of fused-ring (bicyclic) bond motifs is 5. The number of rotatable bonds is 7. The second-order valence-electron chi connectivity index (χ2n) is 12.5. The van der Waals surface area contributed by atoms with Crippen LogP contribution in [-0.2, 0) is 0 Å². The van der Waals surface area contributed by atoms with E-state index in [2.05, 4.69) is 31.1 Å². The van der Waals surface area contributed by atoms with Crippen molar-refractivity contribution in [2.45, 2.75) is 50.6 Å². The van der Waals surface area contributed by atoms with Crippen LogP contribution in [0, 0.1) is 23.6 Å². The Morgan fingerprint density at radius 2 is 2.07 bits per heavy atom. The van der Waals surface area contributed by atoms with Crippen molar-refractivity contribution in [3.63, 3.8) is 0 Å². The Labute approximate surface area is 256 Å². The highest BCUT2D eigenvalue weighted by Crippen LogP contribution is 2.47. The van der Waals surface area contributed by atoms with E-state index in [-0.39, 0.29) is 46.0 Å². The fourth-order valence-corrected chi connectivity index (χ4v) is 7.07. The molecule has 226 valence electrons. The van der Waals surface area contributed by atoms with Crippen molar-refractivity contribution in [1.29, 1.82) is 0 Å². The Morgan fingerprint density at radius 1 is 1.23 bits per heavy atom. The minimum atomic E-state index is -2.07. The normalized spacial score (nSPS) is 23.5. The van der Waals surface area contributed by atoms with E-state index in [4.69, 9.17) is 18.9 Å². The predicted molar refractivity (Wildman–Crippen MR) is 165 cm³/mol. The van der Waals surface area contributed by atoms with E-state index in [0.29, 0.717) is 42.5 Å². The number of nitrogens with one attached hydrogen (secondary N) is 1. The van der Waals surface area contributed by atoms with Gasteiger partial charge in [-0.05, 0) is 69.1 Å². The fraction of sp³-hybridized carbons (Fsp3) is 0.455. The molecule has 4 aliphatic heterocycles. The molecule has 0 amide bonds. The Hall–Kier alpha value is -4.27. The minimum absolute atomic E-state index is 0.0280. The summed E-state index contributed by atoms with van der Waals surface area (Å²) in [5.41, 5.74) is -1.34. The van der Waals surface area contributed by atoms with E-state index in [9.17, 15) is 14.3 Å². The highest BCUT2D eigenvalue weighted by molar-refractivity contribution is 5.97. The largest absolute Gasteiger partial charge is 0.508 e. The summed E-state index contributed by atoms with van der Waals surface area (Å²) in [5.74, 6) is 2.03. The first kappa shape index (κ1) is 25.1. The van der Waals surface area contributed by atoms with Crippen molar-refractivity contribution in [3.8, 4) is 29.8 Å². The van der Waals surface area contributed by atoms with E-state index in [1.807, 2.05) is 0 Å². The molecule has 1 saturated carbocycles. The smallest absolute Gasteiger partial charge is 0.319 e. The molecule has 11 heteroatoms. The average molecular weight is 598 g/mol. The third kappa shape index (κ3) is 4.64. The summed E-state index contributed by atoms with van der Waals surface area (Å²) in [7, 11) is 0. The number of piperazine rings is 1. The summed E-state index contributed by atoms with van der Waals surface area (Å²) in [6, 6.07) is 5.60. The van der Waals surface area contributed by atoms with Crippen LogP contribution in [0.4, 0.5) is 10.2 Å². The summed E-state index contributed by atoms with van der Waals surface area (Å²) in [5, 5.41) is 19.6. The van der Waals surface area contributed by atoms with Gasteiger partial charge in [0.25, 0.3) is 5.56 Å². The van der Waals surface area contributed by atoms with Crippen LogP contribution < -0.4 is 20.5 Å². The second kappa shape index (κ2) is 10.4. The summed E-state index contributed by atoms with van der Waals surface area (Å²) in [4.78, 5) is 28.0. The van der Waals surface area contributed by atoms with Crippen molar-refractivity contribution >= 4 is 27.5 Å². The van der Waals surface area contributed by atoms with Crippen LogP contribution in [0.2, 0.25) is 0 Å². The Bertz CT molecular complexity index is 1980. The highest BCUT2D eigenvalue weighted by Gasteiger charge is 2.45. The summed E-state index contributed by atoms with van der Waals surface area (Å²) in [6.45, 7) is 1.83. The molecule has 2 aromatic carbocycles. The number of piperidine rings is 2. The van der Waals surface area contributed by atoms with E-state index < -0.39 is 23.4 Å². The van der Waals surface area contributed by atoms with Gasteiger partial charge >= 0.3 is 6.01 Å². The third-order valence-corrected chi connectivity index (χ3v) is 9.56. The maximum absolute atomic E-state index is 14.8. The zero-order chi connectivity index (χ0) is 31.8. The molecule has 0 radical (unpaired) electrons. The van der Waals surface area contributed by atoms with Crippen LogP contribution >= 0.6 is 0 Å². The molecule has 2 atom stereocenters. The Morgan fingerprint density at radius 3 is 2.77 bits per heavy atom. The number of halogens is 1. The molecule has 5 fully saturated rings. The number of likely N-dealkylation sites (tertiary alicyclic amines) is 1. The number of benzene rings is 2. The zero-order valence-electron chi connectivity index (χ0n) is 26.2. The lowest BCUT2D eigenvalue weighted by molar-refractivity contribution is 0.170. The summed E-state index contributed by atoms with van der Waals surface area (Å²) >= 11 is 0. The molecule has 2 bridgehead atoms. The lowest BCUT2D eigenvalue weighted by atomic mass is 9.93. The number of aromatic nitrogens is 4.